The summed E-state index contributed by atoms with van der Waals surface area (Å²) in [6.07, 6.45) is 10.1. The maximum Gasteiger partial charge on any atom is 0.322 e. The fourth-order valence-corrected chi connectivity index (χ4v) is 4.99. The standard InChI is InChI=1S/2C11H14BN3O3.CH4.H2/c2*12-6-13-8(16)5-7-3-1-2-4-11(7)9(17)14-10(18)15-11;;/h1,3,7H,2,4-6H2,(H,13,16)(H2,14,15,17,18);1-2,7H,3-6H2,(H,13,16)(H2,14,15,17,18);1H4;1H. The van der Waals surface area contributed by atoms with Gasteiger partial charge in [-0.2, -0.15) is 0 Å². The lowest BCUT2D eigenvalue weighted by Crippen LogP contribution is -2.54. The third kappa shape index (κ3) is 6.41. The van der Waals surface area contributed by atoms with E-state index in [4.69, 9.17) is 15.7 Å². The smallest absolute Gasteiger partial charge is 0.322 e. The summed E-state index contributed by atoms with van der Waals surface area (Å²) in [4.78, 5) is 69.6. The molecule has 4 rings (SSSR count). The van der Waals surface area contributed by atoms with Crippen molar-refractivity contribution in [3.63, 3.8) is 0 Å². The topological polar surface area (TPSA) is 175 Å². The number of amides is 8. The van der Waals surface area contributed by atoms with Gasteiger partial charge in [-0.3, -0.25) is 29.8 Å². The summed E-state index contributed by atoms with van der Waals surface area (Å²) in [5.74, 6) is -1.76. The molecule has 198 valence electrons. The summed E-state index contributed by atoms with van der Waals surface area (Å²) < 4.78 is 0. The first kappa shape index (κ1) is 29.7. The second kappa shape index (κ2) is 12.6. The minimum atomic E-state index is -0.988. The maximum absolute atomic E-state index is 11.9. The van der Waals surface area contributed by atoms with Crippen LogP contribution >= 0.6 is 0 Å². The van der Waals surface area contributed by atoms with Crippen LogP contribution in [0.4, 0.5) is 9.59 Å². The van der Waals surface area contributed by atoms with Crippen LogP contribution in [0, 0.1) is 11.8 Å². The first-order valence-electron chi connectivity index (χ1n) is 11.7. The first-order chi connectivity index (χ1) is 17.2. The number of allylic oxidation sites excluding steroid dienone is 2. The number of imide groups is 2. The molecule has 6 N–H and O–H groups in total. The second-order valence-electron chi connectivity index (χ2n) is 8.96. The number of hydrogen-bond donors (Lipinski definition) is 6. The molecular formula is C23H34B2N6O6. The molecule has 2 fully saturated rings. The Morgan fingerprint density at radius 3 is 2.00 bits per heavy atom. The third-order valence-electron chi connectivity index (χ3n) is 6.80. The van der Waals surface area contributed by atoms with Gasteiger partial charge < -0.3 is 21.3 Å². The number of rotatable bonds is 6. The van der Waals surface area contributed by atoms with Gasteiger partial charge in [-0.25, -0.2) is 9.59 Å². The molecule has 0 saturated carbocycles. The van der Waals surface area contributed by atoms with E-state index in [1.807, 2.05) is 24.3 Å². The van der Waals surface area contributed by atoms with Crippen LogP contribution in [0.15, 0.2) is 24.3 Å². The summed E-state index contributed by atoms with van der Waals surface area (Å²) >= 11 is 0. The van der Waals surface area contributed by atoms with Crippen molar-refractivity contribution in [2.45, 2.75) is 57.0 Å². The van der Waals surface area contributed by atoms with Gasteiger partial charge in [0, 0.05) is 26.1 Å². The Kier molecular flexibility index (Phi) is 10.1. The van der Waals surface area contributed by atoms with E-state index in [-0.39, 0.29) is 70.0 Å². The highest BCUT2D eigenvalue weighted by atomic mass is 16.2. The van der Waals surface area contributed by atoms with Crippen molar-refractivity contribution < 1.29 is 30.2 Å². The lowest BCUT2D eigenvalue weighted by Gasteiger charge is -2.35. The van der Waals surface area contributed by atoms with Crippen LogP contribution in [0.2, 0.25) is 0 Å². The Morgan fingerprint density at radius 1 is 0.892 bits per heavy atom. The molecule has 4 radical (unpaired) electrons. The van der Waals surface area contributed by atoms with Gasteiger partial charge in [-0.1, -0.05) is 31.7 Å². The second-order valence-corrected chi connectivity index (χ2v) is 8.96. The fourth-order valence-electron chi connectivity index (χ4n) is 4.99. The molecule has 0 bridgehead atoms. The van der Waals surface area contributed by atoms with E-state index in [1.54, 1.807) is 0 Å². The van der Waals surface area contributed by atoms with Crippen LogP contribution < -0.4 is 31.9 Å². The Morgan fingerprint density at radius 2 is 1.46 bits per heavy atom. The molecule has 0 aromatic heterocycles. The zero-order valence-electron chi connectivity index (χ0n) is 19.7. The van der Waals surface area contributed by atoms with Crippen molar-refractivity contribution >= 4 is 51.4 Å². The van der Waals surface area contributed by atoms with Crippen LogP contribution in [0.3, 0.4) is 0 Å². The lowest BCUT2D eigenvalue weighted by atomic mass is 9.74. The van der Waals surface area contributed by atoms with Gasteiger partial charge >= 0.3 is 12.1 Å². The maximum atomic E-state index is 11.9. The van der Waals surface area contributed by atoms with E-state index in [9.17, 15) is 28.8 Å². The van der Waals surface area contributed by atoms with Gasteiger partial charge in [0.1, 0.15) is 11.1 Å². The number of nitrogens with one attached hydrogen (secondary N) is 6. The van der Waals surface area contributed by atoms with Crippen molar-refractivity contribution in [3.05, 3.63) is 24.3 Å². The van der Waals surface area contributed by atoms with E-state index in [2.05, 4.69) is 31.9 Å². The van der Waals surface area contributed by atoms with Crippen LogP contribution in [0.5, 0.6) is 0 Å². The van der Waals surface area contributed by atoms with Crippen molar-refractivity contribution in [2.24, 2.45) is 11.8 Å². The molecular weight excluding hydrogens is 478 g/mol. The number of hydrogen-bond acceptors (Lipinski definition) is 6. The van der Waals surface area contributed by atoms with Crippen LogP contribution in [-0.2, 0) is 19.2 Å². The minimum absolute atomic E-state index is 0. The average Bonchev–Trinajstić information content (AvgIpc) is 3.26. The van der Waals surface area contributed by atoms with Crippen LogP contribution in [0.25, 0.3) is 0 Å². The van der Waals surface area contributed by atoms with Gasteiger partial charge in [0.2, 0.25) is 11.8 Å². The summed E-state index contributed by atoms with van der Waals surface area (Å²) in [6.45, 7) is 0. The molecule has 14 heteroatoms. The Labute approximate surface area is 219 Å². The number of urea groups is 2. The zero-order chi connectivity index (χ0) is 26.3. The van der Waals surface area contributed by atoms with Crippen LogP contribution in [-0.4, -0.2) is 75.3 Å². The van der Waals surface area contributed by atoms with Crippen LogP contribution in [0.1, 0.15) is 47.4 Å². The van der Waals surface area contributed by atoms with E-state index < -0.39 is 23.1 Å². The van der Waals surface area contributed by atoms with Crippen molar-refractivity contribution in [3.8, 4) is 0 Å². The predicted octanol–water partition coefficient (Wildman–Crippen LogP) is -0.792. The molecule has 4 aliphatic rings. The van der Waals surface area contributed by atoms with Crippen molar-refractivity contribution in [2.75, 3.05) is 12.9 Å². The van der Waals surface area contributed by atoms with E-state index in [1.165, 1.54) is 0 Å². The van der Waals surface area contributed by atoms with Crippen molar-refractivity contribution in [1.29, 1.82) is 0 Å². The molecule has 2 saturated heterocycles. The highest BCUT2D eigenvalue weighted by Gasteiger charge is 2.53. The Hall–Kier alpha value is -3.57. The molecule has 4 atom stereocenters. The number of carbonyl (C=O) groups is 6. The molecule has 2 aliphatic heterocycles. The van der Waals surface area contributed by atoms with Gasteiger partial charge in [0.15, 0.2) is 0 Å². The molecule has 12 nitrogen and oxygen atoms in total. The Balaban J connectivity index is 0.000000361. The van der Waals surface area contributed by atoms with Gasteiger partial charge in [-0.05, 0) is 38.6 Å². The molecule has 4 unspecified atom stereocenters. The Bertz CT molecular complexity index is 981. The summed E-state index contributed by atoms with van der Waals surface area (Å²) in [5.41, 5.74) is -1.98. The van der Waals surface area contributed by atoms with E-state index >= 15 is 0 Å². The average molecular weight is 512 g/mol. The van der Waals surface area contributed by atoms with Crippen molar-refractivity contribution in [1.82, 2.24) is 31.9 Å². The number of carbonyl (C=O) groups excluding carboxylic acids is 6. The largest absolute Gasteiger partial charge is 0.365 e. The fraction of sp³-hybridized carbons (Fsp3) is 0.565. The van der Waals surface area contributed by atoms with E-state index in [0.717, 1.165) is 0 Å². The highest BCUT2D eigenvalue weighted by molar-refractivity contribution is 6.11. The summed E-state index contributed by atoms with van der Waals surface area (Å²) in [7, 11) is 10.5. The van der Waals surface area contributed by atoms with Gasteiger partial charge in [0.05, 0.1) is 15.7 Å². The third-order valence-corrected chi connectivity index (χ3v) is 6.80. The predicted molar refractivity (Wildman–Crippen MR) is 138 cm³/mol. The minimum Gasteiger partial charge on any atom is -0.365 e. The molecule has 0 aromatic rings. The normalized spacial score (nSPS) is 29.3. The quantitative estimate of drug-likeness (QED) is 0.155. The van der Waals surface area contributed by atoms with Gasteiger partial charge in [-0.15, -0.1) is 0 Å². The SMILES string of the molecule is C.[B]CNC(=O)CC1C=CCCC12NC(=O)NC2=O.[B]CNC(=O)CC1CC=CCC12NC(=O)NC2=O.[HH]. The summed E-state index contributed by atoms with van der Waals surface area (Å²) in [6, 6.07) is -1.00. The zero-order valence-corrected chi connectivity index (χ0v) is 19.7. The highest BCUT2D eigenvalue weighted by Crippen LogP contribution is 2.35. The summed E-state index contributed by atoms with van der Waals surface area (Å²) in [5, 5.41) is 14.8. The molecule has 37 heavy (non-hydrogen) atoms. The molecule has 2 aliphatic carbocycles. The molecule has 2 spiro atoms. The van der Waals surface area contributed by atoms with Gasteiger partial charge in [0.25, 0.3) is 11.8 Å². The molecule has 8 amide bonds. The first-order valence-corrected chi connectivity index (χ1v) is 11.7. The molecule has 2 heterocycles. The van der Waals surface area contributed by atoms with E-state index in [0.29, 0.717) is 25.7 Å². The monoisotopic (exact) mass is 512 g/mol. The lowest BCUT2D eigenvalue weighted by molar-refractivity contribution is -0.129. The molecule has 0 aromatic carbocycles.